The molecular weight excluding hydrogens is 394 g/mol. The third-order valence-corrected chi connectivity index (χ3v) is 5.62. The zero-order valence-electron chi connectivity index (χ0n) is 21.9. The molecule has 0 aromatic rings. The average molecular weight is 442 g/mol. The Kier molecular flexibility index (Phi) is 13.6. The van der Waals surface area contributed by atoms with E-state index >= 15 is 0 Å². The molecule has 7 heteroatoms. The molecule has 0 aromatic carbocycles. The Morgan fingerprint density at radius 1 is 1.00 bits per heavy atom. The fraction of sp³-hybridized carbons (Fsp3) is 0.792. The van der Waals surface area contributed by atoms with E-state index in [4.69, 9.17) is 5.11 Å². The molecule has 2 N–H and O–H groups in total. The van der Waals surface area contributed by atoms with Gasteiger partial charge in [-0.15, -0.1) is 0 Å². The van der Waals surface area contributed by atoms with Gasteiger partial charge in [0.25, 0.3) is 0 Å². The molecule has 0 aliphatic heterocycles. The molecule has 31 heavy (non-hydrogen) atoms. The number of carboxylic acid groups (broad SMARTS) is 1. The zero-order chi connectivity index (χ0) is 25.2. The lowest BCUT2D eigenvalue weighted by atomic mass is 9.83. The van der Waals surface area contributed by atoms with E-state index in [-0.39, 0.29) is 17.4 Å². The second-order valence-electron chi connectivity index (χ2n) is 9.46. The second-order valence-corrected chi connectivity index (χ2v) is 9.46. The van der Waals surface area contributed by atoms with Crippen LogP contribution in [0.15, 0.2) is 11.6 Å². The first-order valence-electron chi connectivity index (χ1n) is 11.2. The maximum absolute atomic E-state index is 13.2. The molecular formula is C24H47N3O4. The summed E-state index contributed by atoms with van der Waals surface area (Å²) in [5.74, 6) is -1.44. The van der Waals surface area contributed by atoms with Crippen molar-refractivity contribution in [2.45, 2.75) is 99.2 Å². The molecule has 0 bridgehead atoms. The van der Waals surface area contributed by atoms with Crippen molar-refractivity contribution in [2.75, 3.05) is 21.1 Å². The van der Waals surface area contributed by atoms with Gasteiger partial charge < -0.3 is 15.3 Å². The monoisotopic (exact) mass is 441 g/mol. The Bertz CT molecular complexity index is 617. The summed E-state index contributed by atoms with van der Waals surface area (Å²) in [4.78, 5) is 40.8. The Labute approximate surface area is 190 Å². The number of rotatable bonds is 9. The maximum atomic E-state index is 13.2. The van der Waals surface area contributed by atoms with Gasteiger partial charge in [-0.3, -0.25) is 14.5 Å². The van der Waals surface area contributed by atoms with E-state index in [1.807, 2.05) is 53.6 Å². The molecule has 0 saturated heterocycles. The van der Waals surface area contributed by atoms with Crippen LogP contribution in [-0.2, 0) is 14.4 Å². The van der Waals surface area contributed by atoms with Gasteiger partial charge in [-0.05, 0) is 46.2 Å². The fourth-order valence-electron chi connectivity index (χ4n) is 3.27. The van der Waals surface area contributed by atoms with Crippen LogP contribution < -0.4 is 5.32 Å². The number of hydrogen-bond acceptors (Lipinski definition) is 4. The number of carboxylic acids is 1. The SMILES string of the molecule is CCC.CCC(CC)(C(=O)NC(C(=O)N(C)C(C)/C=C(\C)C(=O)O)C(C)(C)C)N(C)C. The van der Waals surface area contributed by atoms with Gasteiger partial charge in [-0.25, -0.2) is 4.79 Å². The lowest BCUT2D eigenvalue weighted by Crippen LogP contribution is -2.62. The van der Waals surface area contributed by atoms with Gasteiger partial charge >= 0.3 is 5.97 Å². The molecule has 0 radical (unpaired) electrons. The van der Waals surface area contributed by atoms with Crippen LogP contribution in [0, 0.1) is 5.41 Å². The quantitative estimate of drug-likeness (QED) is 0.529. The molecule has 2 atom stereocenters. The van der Waals surface area contributed by atoms with Crippen molar-refractivity contribution in [2.24, 2.45) is 5.41 Å². The minimum atomic E-state index is -1.02. The summed E-state index contributed by atoms with van der Waals surface area (Å²) >= 11 is 0. The molecule has 182 valence electrons. The molecule has 0 aromatic heterocycles. The number of nitrogens with zero attached hydrogens (tertiary/aromatic N) is 2. The van der Waals surface area contributed by atoms with Crippen LogP contribution in [0.4, 0.5) is 0 Å². The van der Waals surface area contributed by atoms with Gasteiger partial charge in [0.2, 0.25) is 11.8 Å². The largest absolute Gasteiger partial charge is 0.478 e. The summed E-state index contributed by atoms with van der Waals surface area (Å²) in [6.45, 7) is 17.1. The van der Waals surface area contributed by atoms with Crippen LogP contribution in [0.3, 0.4) is 0 Å². The molecule has 0 aliphatic carbocycles. The van der Waals surface area contributed by atoms with Crippen LogP contribution >= 0.6 is 0 Å². The fourth-order valence-corrected chi connectivity index (χ4v) is 3.27. The zero-order valence-corrected chi connectivity index (χ0v) is 21.9. The summed E-state index contributed by atoms with van der Waals surface area (Å²) < 4.78 is 0. The highest BCUT2D eigenvalue weighted by molar-refractivity contribution is 5.93. The molecule has 7 nitrogen and oxygen atoms in total. The van der Waals surface area contributed by atoms with Crippen LogP contribution in [0.2, 0.25) is 0 Å². The van der Waals surface area contributed by atoms with Gasteiger partial charge in [-0.2, -0.15) is 0 Å². The lowest BCUT2D eigenvalue weighted by Gasteiger charge is -2.41. The van der Waals surface area contributed by atoms with E-state index in [0.29, 0.717) is 12.8 Å². The van der Waals surface area contributed by atoms with E-state index < -0.39 is 29.0 Å². The Hall–Kier alpha value is -1.89. The predicted molar refractivity (Wildman–Crippen MR) is 128 cm³/mol. The number of likely N-dealkylation sites (N-methyl/N-ethyl adjacent to an activating group) is 2. The van der Waals surface area contributed by atoms with Gasteiger partial charge in [0.05, 0.1) is 5.54 Å². The predicted octanol–water partition coefficient (Wildman–Crippen LogP) is 3.93. The van der Waals surface area contributed by atoms with E-state index in [0.717, 1.165) is 0 Å². The number of hydrogen-bond donors (Lipinski definition) is 2. The van der Waals surface area contributed by atoms with E-state index in [9.17, 15) is 14.4 Å². The highest BCUT2D eigenvalue weighted by atomic mass is 16.4. The van der Waals surface area contributed by atoms with Crippen molar-refractivity contribution in [1.29, 1.82) is 0 Å². The lowest BCUT2D eigenvalue weighted by molar-refractivity contribution is -0.143. The van der Waals surface area contributed by atoms with E-state index in [1.165, 1.54) is 24.3 Å². The molecule has 0 saturated carbocycles. The number of aliphatic carboxylic acids is 1. The van der Waals surface area contributed by atoms with Gasteiger partial charge in [0, 0.05) is 18.7 Å². The minimum absolute atomic E-state index is 0.172. The van der Waals surface area contributed by atoms with Crippen LogP contribution in [0.25, 0.3) is 0 Å². The summed E-state index contributed by atoms with van der Waals surface area (Å²) in [6.07, 6.45) is 4.03. The molecule has 0 spiro atoms. The summed E-state index contributed by atoms with van der Waals surface area (Å²) in [5, 5.41) is 12.1. The van der Waals surface area contributed by atoms with Crippen LogP contribution in [-0.4, -0.2) is 71.5 Å². The summed E-state index contributed by atoms with van der Waals surface area (Å²) in [7, 11) is 5.37. The first-order chi connectivity index (χ1) is 14.1. The van der Waals surface area contributed by atoms with Crippen molar-refractivity contribution >= 4 is 17.8 Å². The Balaban J connectivity index is 0. The molecule has 0 rings (SSSR count). The summed E-state index contributed by atoms with van der Waals surface area (Å²) in [5.41, 5.74) is -1.02. The van der Waals surface area contributed by atoms with Crippen molar-refractivity contribution in [3.05, 3.63) is 11.6 Å². The summed E-state index contributed by atoms with van der Waals surface area (Å²) in [6, 6.07) is -1.15. The number of carbonyl (C=O) groups excluding carboxylic acids is 2. The average Bonchev–Trinajstić information content (AvgIpc) is 2.65. The smallest absolute Gasteiger partial charge is 0.331 e. The topological polar surface area (TPSA) is 90.0 Å². The minimum Gasteiger partial charge on any atom is -0.478 e. The third kappa shape index (κ3) is 9.01. The first kappa shape index (κ1) is 31.3. The maximum Gasteiger partial charge on any atom is 0.331 e. The Morgan fingerprint density at radius 3 is 1.71 bits per heavy atom. The van der Waals surface area contributed by atoms with Crippen LogP contribution in [0.1, 0.15) is 81.6 Å². The van der Waals surface area contributed by atoms with Crippen molar-refractivity contribution in [3.63, 3.8) is 0 Å². The second kappa shape index (κ2) is 13.5. The van der Waals surface area contributed by atoms with Gasteiger partial charge in [-0.1, -0.05) is 61.0 Å². The van der Waals surface area contributed by atoms with E-state index in [2.05, 4.69) is 19.2 Å². The normalized spacial score (nSPS) is 14.3. The first-order valence-corrected chi connectivity index (χ1v) is 11.2. The number of nitrogens with one attached hydrogen (secondary N) is 1. The van der Waals surface area contributed by atoms with Crippen molar-refractivity contribution in [1.82, 2.24) is 15.1 Å². The van der Waals surface area contributed by atoms with Gasteiger partial charge in [0.15, 0.2) is 0 Å². The molecule has 0 aliphatic rings. The number of carbonyl (C=O) groups is 3. The molecule has 0 fully saturated rings. The highest BCUT2D eigenvalue weighted by Crippen LogP contribution is 2.26. The van der Waals surface area contributed by atoms with Crippen LogP contribution in [0.5, 0.6) is 0 Å². The molecule has 2 amide bonds. The van der Waals surface area contributed by atoms with Crippen molar-refractivity contribution < 1.29 is 19.5 Å². The molecule has 0 heterocycles. The number of amides is 2. The standard InChI is InChI=1S/C21H39N3O4.C3H8/c1-11-21(12-2,23(8)9)19(28)22-16(20(5,6)7)17(25)24(10)15(4)13-14(3)18(26)27;1-3-2/h13,15-16H,11-12H2,1-10H3,(H,22,28)(H,26,27);3H2,1-2H3/b14-13+;. The van der Waals surface area contributed by atoms with Gasteiger partial charge in [0.1, 0.15) is 6.04 Å². The third-order valence-electron chi connectivity index (χ3n) is 5.62. The molecule has 2 unspecified atom stereocenters. The van der Waals surface area contributed by atoms with Crippen molar-refractivity contribution in [3.8, 4) is 0 Å². The Morgan fingerprint density at radius 2 is 1.42 bits per heavy atom. The van der Waals surface area contributed by atoms with E-state index in [1.54, 1.807) is 14.0 Å². The highest BCUT2D eigenvalue weighted by Gasteiger charge is 2.42.